The summed E-state index contributed by atoms with van der Waals surface area (Å²) in [7, 11) is 0. The summed E-state index contributed by atoms with van der Waals surface area (Å²) >= 11 is 1.75. The lowest BCUT2D eigenvalue weighted by atomic mass is 10.0. The van der Waals surface area contributed by atoms with Crippen molar-refractivity contribution in [2.45, 2.75) is 6.54 Å². The van der Waals surface area contributed by atoms with E-state index in [2.05, 4.69) is 29.0 Å². The number of rotatable bonds is 4. The first-order valence-electron chi connectivity index (χ1n) is 9.09. The van der Waals surface area contributed by atoms with Gasteiger partial charge in [-0.2, -0.15) is 11.3 Å². The lowest BCUT2D eigenvalue weighted by molar-refractivity contribution is -0.917. The number of nitrogens with zero attached hydrogens (tertiary/aromatic N) is 1. The van der Waals surface area contributed by atoms with Crippen LogP contribution >= 0.6 is 11.3 Å². The van der Waals surface area contributed by atoms with Gasteiger partial charge in [0.05, 0.1) is 26.2 Å². The summed E-state index contributed by atoms with van der Waals surface area (Å²) in [6.45, 7) is 4.77. The quantitative estimate of drug-likeness (QED) is 0.757. The Balaban J connectivity index is 1.36. The maximum atomic E-state index is 12.8. The Labute approximate surface area is 158 Å². The van der Waals surface area contributed by atoms with Crippen LogP contribution in [-0.2, 0) is 6.54 Å². The average Bonchev–Trinajstić information content (AvgIpc) is 3.22. The Morgan fingerprint density at radius 3 is 2.27 bits per heavy atom. The van der Waals surface area contributed by atoms with Crippen LogP contribution in [-0.4, -0.2) is 37.0 Å². The second-order valence-corrected chi connectivity index (χ2v) is 7.57. The van der Waals surface area contributed by atoms with E-state index in [4.69, 9.17) is 0 Å². The summed E-state index contributed by atoms with van der Waals surface area (Å²) in [6.07, 6.45) is 0. The van der Waals surface area contributed by atoms with Gasteiger partial charge in [0.25, 0.3) is 5.91 Å². The van der Waals surface area contributed by atoms with Crippen molar-refractivity contribution in [1.82, 2.24) is 4.90 Å². The molecule has 1 fully saturated rings. The van der Waals surface area contributed by atoms with Gasteiger partial charge in [0.15, 0.2) is 0 Å². The Hall–Kier alpha value is -2.43. The lowest BCUT2D eigenvalue weighted by Crippen LogP contribution is -3.13. The highest BCUT2D eigenvalue weighted by Crippen LogP contribution is 2.19. The molecular weight excluding hydrogens is 340 g/mol. The summed E-state index contributed by atoms with van der Waals surface area (Å²) in [4.78, 5) is 16.3. The van der Waals surface area contributed by atoms with Crippen molar-refractivity contribution in [1.29, 1.82) is 0 Å². The predicted molar refractivity (Wildman–Crippen MR) is 107 cm³/mol. The molecule has 26 heavy (non-hydrogen) atoms. The minimum atomic E-state index is 0.152. The maximum absolute atomic E-state index is 12.8. The molecule has 1 saturated heterocycles. The molecule has 0 unspecified atom stereocenters. The number of hydrogen-bond donors (Lipinski definition) is 1. The van der Waals surface area contributed by atoms with Gasteiger partial charge in [0.2, 0.25) is 0 Å². The smallest absolute Gasteiger partial charge is 0.254 e. The molecule has 3 nitrogen and oxygen atoms in total. The first-order valence-corrected chi connectivity index (χ1v) is 10.0. The average molecular weight is 364 g/mol. The molecule has 2 aromatic carbocycles. The molecule has 1 aromatic heterocycles. The molecule has 0 saturated carbocycles. The molecule has 2 heterocycles. The number of carbonyl (C=O) groups excluding carboxylic acids is 1. The van der Waals surface area contributed by atoms with E-state index in [1.807, 2.05) is 47.4 Å². The highest BCUT2D eigenvalue weighted by atomic mass is 32.1. The van der Waals surface area contributed by atoms with Crippen LogP contribution in [0.4, 0.5) is 0 Å². The fraction of sp³-hybridized carbons (Fsp3) is 0.227. The summed E-state index contributed by atoms with van der Waals surface area (Å²) < 4.78 is 0. The van der Waals surface area contributed by atoms with E-state index in [9.17, 15) is 4.79 Å². The van der Waals surface area contributed by atoms with Crippen molar-refractivity contribution >= 4 is 17.2 Å². The zero-order valence-corrected chi connectivity index (χ0v) is 15.5. The fourth-order valence-electron chi connectivity index (χ4n) is 3.50. The molecule has 4 heteroatoms. The van der Waals surface area contributed by atoms with Crippen molar-refractivity contribution < 1.29 is 9.69 Å². The van der Waals surface area contributed by atoms with Crippen LogP contribution in [0.5, 0.6) is 0 Å². The van der Waals surface area contributed by atoms with Crippen molar-refractivity contribution in [3.8, 4) is 11.1 Å². The number of nitrogens with one attached hydrogen (secondary N) is 1. The van der Waals surface area contributed by atoms with E-state index < -0.39 is 0 Å². The van der Waals surface area contributed by atoms with Crippen molar-refractivity contribution in [3.63, 3.8) is 0 Å². The molecule has 0 atom stereocenters. The second kappa shape index (κ2) is 7.85. The van der Waals surface area contributed by atoms with Gasteiger partial charge in [0.1, 0.15) is 6.54 Å². The molecule has 0 aliphatic carbocycles. The van der Waals surface area contributed by atoms with Crippen LogP contribution in [0.2, 0.25) is 0 Å². The van der Waals surface area contributed by atoms with Gasteiger partial charge < -0.3 is 9.80 Å². The van der Waals surface area contributed by atoms with E-state index >= 15 is 0 Å². The van der Waals surface area contributed by atoms with Gasteiger partial charge in [-0.1, -0.05) is 42.5 Å². The third kappa shape index (κ3) is 3.87. The number of piperazine rings is 1. The fourth-order valence-corrected chi connectivity index (χ4v) is 4.17. The van der Waals surface area contributed by atoms with Crippen LogP contribution < -0.4 is 4.90 Å². The third-order valence-corrected chi connectivity index (χ3v) is 5.76. The largest absolute Gasteiger partial charge is 0.328 e. The molecule has 0 spiro atoms. The van der Waals surface area contributed by atoms with Crippen LogP contribution in [0, 0.1) is 0 Å². The topological polar surface area (TPSA) is 24.8 Å². The van der Waals surface area contributed by atoms with E-state index in [0.717, 1.165) is 43.9 Å². The standard InChI is InChI=1S/C22H22N2OS/c25-22(21-8-6-20(7-9-21)19-4-2-1-3-5-19)24-13-11-23(12-14-24)16-18-10-15-26-17-18/h1-10,15,17H,11-14,16H2/p+1. The minimum Gasteiger partial charge on any atom is -0.328 e. The number of thiophene rings is 1. The number of amides is 1. The maximum Gasteiger partial charge on any atom is 0.254 e. The molecule has 3 aromatic rings. The molecule has 0 radical (unpaired) electrons. The molecule has 1 amide bonds. The second-order valence-electron chi connectivity index (χ2n) is 6.79. The van der Waals surface area contributed by atoms with Gasteiger partial charge in [-0.15, -0.1) is 0 Å². The van der Waals surface area contributed by atoms with Gasteiger partial charge in [-0.05, 0) is 40.1 Å². The number of carbonyl (C=O) groups is 1. The molecule has 132 valence electrons. The number of hydrogen-bond acceptors (Lipinski definition) is 2. The third-order valence-electron chi connectivity index (χ3n) is 5.03. The van der Waals surface area contributed by atoms with E-state index in [1.165, 1.54) is 11.1 Å². The van der Waals surface area contributed by atoms with Gasteiger partial charge in [-0.3, -0.25) is 4.79 Å². The van der Waals surface area contributed by atoms with Gasteiger partial charge in [0, 0.05) is 11.1 Å². The molecule has 1 aliphatic heterocycles. The number of quaternary nitrogens is 1. The summed E-state index contributed by atoms with van der Waals surface area (Å²) in [5.41, 5.74) is 4.51. The Morgan fingerprint density at radius 2 is 1.62 bits per heavy atom. The minimum absolute atomic E-state index is 0.152. The normalized spacial score (nSPS) is 15.2. The molecule has 0 bridgehead atoms. The SMILES string of the molecule is O=C(c1ccc(-c2ccccc2)cc1)N1CC[NH+](Cc2ccsc2)CC1. The first-order chi connectivity index (χ1) is 12.8. The summed E-state index contributed by atoms with van der Waals surface area (Å²) in [6, 6.07) is 20.5. The van der Waals surface area contributed by atoms with Gasteiger partial charge in [-0.25, -0.2) is 0 Å². The van der Waals surface area contributed by atoms with Crippen LogP contribution in [0.1, 0.15) is 15.9 Å². The van der Waals surface area contributed by atoms with Crippen molar-refractivity contribution in [2.75, 3.05) is 26.2 Å². The molecule has 1 aliphatic rings. The van der Waals surface area contributed by atoms with Gasteiger partial charge >= 0.3 is 0 Å². The van der Waals surface area contributed by atoms with Crippen molar-refractivity contribution in [3.05, 3.63) is 82.6 Å². The Bertz CT molecular complexity index is 836. The zero-order chi connectivity index (χ0) is 17.8. The number of benzene rings is 2. The van der Waals surface area contributed by atoms with E-state index in [1.54, 1.807) is 16.2 Å². The van der Waals surface area contributed by atoms with Crippen molar-refractivity contribution in [2.24, 2.45) is 0 Å². The Kier molecular flexibility index (Phi) is 5.14. The van der Waals surface area contributed by atoms with E-state index in [-0.39, 0.29) is 5.91 Å². The molecular formula is C22H23N2OS+. The van der Waals surface area contributed by atoms with Crippen LogP contribution in [0.15, 0.2) is 71.4 Å². The van der Waals surface area contributed by atoms with E-state index in [0.29, 0.717) is 0 Å². The molecule has 1 N–H and O–H groups in total. The zero-order valence-electron chi connectivity index (χ0n) is 14.7. The summed E-state index contributed by atoms with van der Waals surface area (Å²) in [5, 5.41) is 4.35. The first kappa shape index (κ1) is 17.0. The van der Waals surface area contributed by atoms with Crippen LogP contribution in [0.25, 0.3) is 11.1 Å². The highest BCUT2D eigenvalue weighted by molar-refractivity contribution is 7.07. The highest BCUT2D eigenvalue weighted by Gasteiger charge is 2.24. The van der Waals surface area contributed by atoms with Crippen LogP contribution in [0.3, 0.4) is 0 Å². The monoisotopic (exact) mass is 363 g/mol. The lowest BCUT2D eigenvalue weighted by Gasteiger charge is -2.32. The molecule has 4 rings (SSSR count). The predicted octanol–water partition coefficient (Wildman–Crippen LogP) is 2.96. The summed E-state index contributed by atoms with van der Waals surface area (Å²) in [5.74, 6) is 0.152. The Morgan fingerprint density at radius 1 is 0.923 bits per heavy atom.